The van der Waals surface area contributed by atoms with Crippen molar-refractivity contribution in [2.75, 3.05) is 0 Å². The number of carboxylic acid groups (broad SMARTS) is 1. The molecule has 2 N–H and O–H groups in total. The molecular formula is C15H13NO4. The molecule has 1 unspecified atom stereocenters. The first kappa shape index (κ1) is 13.9. The maximum Gasteiger partial charge on any atom is 0.359 e. The van der Waals surface area contributed by atoms with E-state index in [0.29, 0.717) is 6.42 Å². The minimum atomic E-state index is -2.41. The number of aryl methyl sites for hydroxylation is 1. The first-order chi connectivity index (χ1) is 9.55. The van der Waals surface area contributed by atoms with Gasteiger partial charge in [-0.15, -0.1) is 0 Å². The summed E-state index contributed by atoms with van der Waals surface area (Å²) >= 11 is 0. The Morgan fingerprint density at radius 2 is 1.90 bits per heavy atom. The minimum Gasteiger partial charge on any atom is -0.478 e. The van der Waals surface area contributed by atoms with Crippen LogP contribution >= 0.6 is 0 Å². The van der Waals surface area contributed by atoms with E-state index >= 15 is 0 Å². The molecular weight excluding hydrogens is 258 g/mol. The van der Waals surface area contributed by atoms with Gasteiger partial charge in [-0.25, -0.2) is 9.59 Å². The first-order valence-corrected chi connectivity index (χ1v) is 6.08. The fourth-order valence-electron chi connectivity index (χ4n) is 2.00. The van der Waals surface area contributed by atoms with E-state index in [0.717, 1.165) is 22.4 Å². The monoisotopic (exact) mass is 271 g/mol. The molecule has 102 valence electrons. The maximum atomic E-state index is 10.9. The van der Waals surface area contributed by atoms with Crippen LogP contribution in [0.2, 0.25) is 0 Å². The predicted octanol–water partition coefficient (Wildman–Crippen LogP) is 1.88. The predicted molar refractivity (Wildman–Crippen MR) is 73.0 cm³/mol. The van der Waals surface area contributed by atoms with Gasteiger partial charge in [-0.2, -0.15) is 4.99 Å². The van der Waals surface area contributed by atoms with Gasteiger partial charge < -0.3 is 10.2 Å². The molecule has 0 aromatic heterocycles. The summed E-state index contributed by atoms with van der Waals surface area (Å²) in [5.41, 5.74) is -1.54. The van der Waals surface area contributed by atoms with Gasteiger partial charge in [-0.1, -0.05) is 42.5 Å². The summed E-state index contributed by atoms with van der Waals surface area (Å²) in [4.78, 5) is 24.1. The number of fused-ring (bicyclic) bond motifs is 1. The zero-order chi connectivity index (χ0) is 14.6. The molecule has 0 heterocycles. The Morgan fingerprint density at radius 3 is 2.55 bits per heavy atom. The second-order valence-electron chi connectivity index (χ2n) is 4.51. The lowest BCUT2D eigenvalue weighted by molar-refractivity contribution is -0.158. The van der Waals surface area contributed by atoms with Crippen LogP contribution in [-0.2, 0) is 16.0 Å². The van der Waals surface area contributed by atoms with Crippen molar-refractivity contribution in [3.63, 3.8) is 0 Å². The van der Waals surface area contributed by atoms with Crippen molar-refractivity contribution < 1.29 is 19.8 Å². The number of carboxylic acids is 1. The van der Waals surface area contributed by atoms with Crippen molar-refractivity contribution in [2.24, 2.45) is 4.99 Å². The van der Waals surface area contributed by atoms with E-state index in [9.17, 15) is 14.7 Å². The van der Waals surface area contributed by atoms with Crippen LogP contribution in [0.4, 0.5) is 0 Å². The van der Waals surface area contributed by atoms with Crippen LogP contribution in [0.5, 0.6) is 0 Å². The van der Waals surface area contributed by atoms with Gasteiger partial charge in [-0.3, -0.25) is 0 Å². The summed E-state index contributed by atoms with van der Waals surface area (Å²) in [7, 11) is 0. The zero-order valence-electron chi connectivity index (χ0n) is 10.6. The summed E-state index contributed by atoms with van der Waals surface area (Å²) in [6.45, 7) is 0. The molecule has 5 nitrogen and oxygen atoms in total. The lowest BCUT2D eigenvalue weighted by atomic mass is 10.00. The van der Waals surface area contributed by atoms with E-state index in [1.807, 2.05) is 42.5 Å². The highest BCUT2D eigenvalue weighted by atomic mass is 16.4. The van der Waals surface area contributed by atoms with Crippen LogP contribution in [0.25, 0.3) is 10.8 Å². The summed E-state index contributed by atoms with van der Waals surface area (Å²) < 4.78 is 0. The molecule has 0 spiro atoms. The molecule has 0 aliphatic carbocycles. The number of rotatable bonds is 5. The third-order valence-corrected chi connectivity index (χ3v) is 3.15. The van der Waals surface area contributed by atoms with Gasteiger partial charge >= 0.3 is 5.97 Å². The van der Waals surface area contributed by atoms with Gasteiger partial charge in [0.2, 0.25) is 6.08 Å². The van der Waals surface area contributed by atoms with E-state index in [2.05, 4.69) is 4.99 Å². The fourth-order valence-corrected chi connectivity index (χ4v) is 2.00. The molecule has 0 aliphatic rings. The number of hydrogen-bond donors (Lipinski definition) is 2. The Bertz CT molecular complexity index is 687. The topological polar surface area (TPSA) is 87.0 Å². The first-order valence-electron chi connectivity index (χ1n) is 6.08. The Hall–Kier alpha value is -2.49. The SMILES string of the molecule is O=C=NC(O)(CCc1ccc2ccccc2c1)C(=O)O. The summed E-state index contributed by atoms with van der Waals surface area (Å²) in [6.07, 6.45) is 1.21. The van der Waals surface area contributed by atoms with Crippen LogP contribution in [0.1, 0.15) is 12.0 Å². The number of carbonyl (C=O) groups excluding carboxylic acids is 1. The van der Waals surface area contributed by atoms with Crippen molar-refractivity contribution in [1.82, 2.24) is 0 Å². The van der Waals surface area contributed by atoms with Gasteiger partial charge in [0.15, 0.2) is 0 Å². The van der Waals surface area contributed by atoms with Gasteiger partial charge in [0.25, 0.3) is 5.72 Å². The lowest BCUT2D eigenvalue weighted by Gasteiger charge is -2.16. The molecule has 0 fully saturated rings. The number of benzene rings is 2. The van der Waals surface area contributed by atoms with Crippen LogP contribution in [0.3, 0.4) is 0 Å². The lowest BCUT2D eigenvalue weighted by Crippen LogP contribution is -2.36. The number of carbonyl (C=O) groups is 1. The van der Waals surface area contributed by atoms with Crippen LogP contribution in [0, 0.1) is 0 Å². The normalized spacial score (nSPS) is 13.4. The van der Waals surface area contributed by atoms with Crippen molar-refractivity contribution in [1.29, 1.82) is 0 Å². The van der Waals surface area contributed by atoms with Crippen LogP contribution in [0.15, 0.2) is 47.5 Å². The largest absolute Gasteiger partial charge is 0.478 e. The maximum absolute atomic E-state index is 10.9. The van der Waals surface area contributed by atoms with E-state index < -0.39 is 11.7 Å². The van der Waals surface area contributed by atoms with Crippen molar-refractivity contribution in [3.8, 4) is 0 Å². The second-order valence-corrected chi connectivity index (χ2v) is 4.51. The van der Waals surface area contributed by atoms with Crippen molar-refractivity contribution >= 4 is 22.8 Å². The highest BCUT2D eigenvalue weighted by Crippen LogP contribution is 2.20. The number of aliphatic hydroxyl groups is 1. The molecule has 0 amide bonds. The van der Waals surface area contributed by atoms with Gasteiger partial charge in [0.05, 0.1) is 0 Å². The molecule has 0 radical (unpaired) electrons. The van der Waals surface area contributed by atoms with Crippen LogP contribution < -0.4 is 0 Å². The molecule has 0 saturated carbocycles. The highest BCUT2D eigenvalue weighted by Gasteiger charge is 2.35. The summed E-state index contributed by atoms with van der Waals surface area (Å²) in [6, 6.07) is 13.5. The fraction of sp³-hybridized carbons (Fsp3) is 0.200. The van der Waals surface area contributed by atoms with Gasteiger partial charge in [0.1, 0.15) is 0 Å². The smallest absolute Gasteiger partial charge is 0.359 e. The van der Waals surface area contributed by atoms with E-state index in [1.165, 1.54) is 0 Å². The number of isocyanates is 1. The molecule has 1 atom stereocenters. The van der Waals surface area contributed by atoms with Crippen LogP contribution in [-0.4, -0.2) is 28.0 Å². The average Bonchev–Trinajstić information content (AvgIpc) is 2.45. The Kier molecular flexibility index (Phi) is 3.94. The van der Waals surface area contributed by atoms with Crippen molar-refractivity contribution in [2.45, 2.75) is 18.6 Å². The number of aliphatic carboxylic acids is 1. The quantitative estimate of drug-likeness (QED) is 0.642. The Labute approximate surface area is 115 Å². The summed E-state index contributed by atoms with van der Waals surface area (Å²) in [5.74, 6) is -1.55. The van der Waals surface area contributed by atoms with E-state index in [-0.39, 0.29) is 6.42 Å². The molecule has 20 heavy (non-hydrogen) atoms. The minimum absolute atomic E-state index is 0.185. The van der Waals surface area contributed by atoms with E-state index in [4.69, 9.17) is 5.11 Å². The average molecular weight is 271 g/mol. The molecule has 0 bridgehead atoms. The number of hydrogen-bond acceptors (Lipinski definition) is 4. The highest BCUT2D eigenvalue weighted by molar-refractivity contribution is 5.83. The Balaban J connectivity index is 2.20. The zero-order valence-corrected chi connectivity index (χ0v) is 10.6. The number of nitrogens with zero attached hydrogens (tertiary/aromatic N) is 1. The third-order valence-electron chi connectivity index (χ3n) is 3.15. The van der Waals surface area contributed by atoms with Gasteiger partial charge in [0, 0.05) is 6.42 Å². The standard InChI is InChI=1S/C15H13NO4/c17-10-16-15(20,14(18)19)8-7-11-5-6-12-3-1-2-4-13(12)9-11/h1-6,9,20H,7-8H2,(H,18,19). The van der Waals surface area contributed by atoms with E-state index in [1.54, 1.807) is 0 Å². The van der Waals surface area contributed by atoms with Gasteiger partial charge in [-0.05, 0) is 22.8 Å². The third kappa shape index (κ3) is 2.91. The number of aliphatic imine (C=N–C) groups is 1. The molecule has 0 aliphatic heterocycles. The summed E-state index contributed by atoms with van der Waals surface area (Å²) in [5, 5.41) is 20.7. The Morgan fingerprint density at radius 1 is 1.20 bits per heavy atom. The molecule has 2 aromatic carbocycles. The molecule has 0 saturated heterocycles. The van der Waals surface area contributed by atoms with Crippen molar-refractivity contribution in [3.05, 3.63) is 48.0 Å². The molecule has 2 aromatic rings. The molecule has 5 heteroatoms. The molecule has 2 rings (SSSR count). The second kappa shape index (κ2) is 5.65.